The van der Waals surface area contributed by atoms with Gasteiger partial charge in [-0.2, -0.15) is 5.10 Å². The highest BCUT2D eigenvalue weighted by Crippen LogP contribution is 2.41. The van der Waals surface area contributed by atoms with Gasteiger partial charge in [0.1, 0.15) is 11.7 Å². The van der Waals surface area contributed by atoms with Crippen molar-refractivity contribution in [3.63, 3.8) is 0 Å². The molecule has 1 unspecified atom stereocenters. The van der Waals surface area contributed by atoms with Crippen molar-refractivity contribution in [3.05, 3.63) is 65.0 Å². The fourth-order valence-corrected chi connectivity index (χ4v) is 4.88. The van der Waals surface area contributed by atoms with Crippen molar-refractivity contribution in [2.45, 2.75) is 44.8 Å². The van der Waals surface area contributed by atoms with Crippen LogP contribution in [0.4, 0.5) is 14.9 Å². The molecule has 1 atom stereocenters. The average molecular weight is 439 g/mol. The van der Waals surface area contributed by atoms with Crippen LogP contribution >= 0.6 is 11.8 Å². The van der Waals surface area contributed by atoms with E-state index in [1.54, 1.807) is 12.1 Å². The number of rotatable bonds is 3. The molecule has 31 heavy (non-hydrogen) atoms. The number of carbonyl (C=O) groups excluding carboxylic acids is 1. The van der Waals surface area contributed by atoms with E-state index in [1.807, 2.05) is 13.8 Å². The minimum atomic E-state index is -0.253. The van der Waals surface area contributed by atoms with E-state index in [-0.39, 0.29) is 21.7 Å². The Balaban J connectivity index is 1.79. The lowest BCUT2D eigenvalue weighted by Crippen LogP contribution is -2.42. The Labute approximate surface area is 186 Å². The lowest BCUT2D eigenvalue weighted by Gasteiger charge is -2.41. The Bertz CT molecular complexity index is 1060. The first kappa shape index (κ1) is 21.6. The first-order valence-corrected chi connectivity index (χ1v) is 11.4. The fourth-order valence-electron chi connectivity index (χ4n) is 4.16. The van der Waals surface area contributed by atoms with Crippen molar-refractivity contribution in [2.24, 2.45) is 10.1 Å². The summed E-state index contributed by atoms with van der Waals surface area (Å²) in [6.07, 6.45) is 0.959. The number of hydrogen-bond acceptors (Lipinski definition) is 4. The third kappa shape index (κ3) is 4.24. The predicted molar refractivity (Wildman–Crippen MR) is 127 cm³/mol. The number of amides is 1. The summed E-state index contributed by atoms with van der Waals surface area (Å²) in [4.78, 5) is 18.6. The molecule has 2 aromatic rings. The van der Waals surface area contributed by atoms with Crippen LogP contribution in [0, 0.1) is 5.82 Å². The number of carbonyl (C=O) groups is 1. The number of fused-ring (bicyclic) bond motifs is 1. The molecule has 0 fully saturated rings. The number of benzene rings is 2. The van der Waals surface area contributed by atoms with Crippen LogP contribution in [0.5, 0.6) is 0 Å². The lowest BCUT2D eigenvalue weighted by molar-refractivity contribution is 0.261. The van der Waals surface area contributed by atoms with Crippen molar-refractivity contribution in [1.29, 1.82) is 0 Å². The maximum atomic E-state index is 13.5. The molecule has 0 aliphatic carbocycles. The third-order valence-electron chi connectivity index (χ3n) is 5.88. The normalized spacial score (nSPS) is 20.7. The highest BCUT2D eigenvalue weighted by molar-refractivity contribution is 8.14. The van der Waals surface area contributed by atoms with E-state index < -0.39 is 0 Å². The summed E-state index contributed by atoms with van der Waals surface area (Å²) in [6.45, 7) is 9.99. The summed E-state index contributed by atoms with van der Waals surface area (Å²) >= 11 is 1.25. The highest BCUT2D eigenvalue weighted by Gasteiger charge is 2.34. The van der Waals surface area contributed by atoms with E-state index in [1.165, 1.54) is 29.5 Å². The molecule has 5 nitrogen and oxygen atoms in total. The minimum Gasteiger partial charge on any atom is -0.326 e. The van der Waals surface area contributed by atoms with Gasteiger partial charge in [-0.1, -0.05) is 31.7 Å². The second kappa shape index (κ2) is 8.46. The predicted octanol–water partition coefficient (Wildman–Crippen LogP) is 5.33. The van der Waals surface area contributed by atoms with Gasteiger partial charge in [-0.15, -0.1) is 0 Å². The number of nitrogens with one attached hydrogen (secondary N) is 1. The van der Waals surface area contributed by atoms with Gasteiger partial charge < -0.3 is 4.90 Å². The second-order valence-electron chi connectivity index (χ2n) is 8.48. The molecule has 0 aromatic heterocycles. The maximum absolute atomic E-state index is 13.5. The van der Waals surface area contributed by atoms with Gasteiger partial charge in [-0.05, 0) is 73.2 Å². The second-order valence-corrected chi connectivity index (χ2v) is 9.79. The van der Waals surface area contributed by atoms with Crippen LogP contribution in [0.25, 0.3) is 0 Å². The van der Waals surface area contributed by atoms with Crippen molar-refractivity contribution in [3.8, 4) is 0 Å². The molecule has 0 saturated heterocycles. The number of hydrogen-bond donors (Lipinski definition) is 1. The molecular weight excluding hydrogens is 411 g/mol. The molecule has 0 radical (unpaired) electrons. The monoisotopic (exact) mass is 438 g/mol. The molecule has 4 rings (SSSR count). The topological polar surface area (TPSA) is 57.1 Å². The molecule has 1 amide bonds. The number of anilines is 1. The van der Waals surface area contributed by atoms with Crippen molar-refractivity contribution in [1.82, 2.24) is 5.43 Å². The van der Waals surface area contributed by atoms with Gasteiger partial charge in [0.2, 0.25) is 0 Å². The Kier molecular flexibility index (Phi) is 5.88. The number of thioether (sulfide) groups is 1. The summed E-state index contributed by atoms with van der Waals surface area (Å²) in [5.41, 5.74) is 7.70. The summed E-state index contributed by atoms with van der Waals surface area (Å²) in [5.74, 6) is 0.606. The van der Waals surface area contributed by atoms with Crippen LogP contribution in [0.15, 0.2) is 52.6 Å². The quantitative estimate of drug-likeness (QED) is 0.521. The SMILES string of the molecule is CCN=C(c1ccc(F)cc1)N1CCC(C)(C)c2cc(C3=NNC(=O)SC3C)ccc21. The van der Waals surface area contributed by atoms with E-state index in [0.29, 0.717) is 6.54 Å². The summed E-state index contributed by atoms with van der Waals surface area (Å²) in [7, 11) is 0. The van der Waals surface area contributed by atoms with E-state index in [4.69, 9.17) is 4.99 Å². The minimum absolute atomic E-state index is 0.00830. The van der Waals surface area contributed by atoms with Gasteiger partial charge in [-0.25, -0.2) is 9.82 Å². The molecule has 0 spiro atoms. The molecule has 2 heterocycles. The molecule has 2 aliphatic heterocycles. The largest absolute Gasteiger partial charge is 0.326 e. The smallest absolute Gasteiger partial charge is 0.299 e. The standard InChI is InChI=1S/C24H27FN4OS/c1-5-26-22(16-6-9-18(25)10-7-16)29-13-12-24(3,4)19-14-17(8-11-20(19)29)21-15(2)31-23(30)28-27-21/h6-11,14-15H,5,12-13H2,1-4H3,(H,28,30). The van der Waals surface area contributed by atoms with Gasteiger partial charge in [0, 0.05) is 24.3 Å². The fraction of sp³-hybridized carbons (Fsp3) is 0.375. The zero-order valence-corrected chi connectivity index (χ0v) is 19.1. The van der Waals surface area contributed by atoms with E-state index >= 15 is 0 Å². The van der Waals surface area contributed by atoms with E-state index in [2.05, 4.69) is 47.5 Å². The van der Waals surface area contributed by atoms with Crippen LogP contribution in [-0.4, -0.2) is 35.1 Å². The Morgan fingerprint density at radius 3 is 2.71 bits per heavy atom. The molecule has 1 N–H and O–H groups in total. The molecular formula is C24H27FN4OS. The molecule has 0 saturated carbocycles. The van der Waals surface area contributed by atoms with Crippen LogP contribution in [0.3, 0.4) is 0 Å². The van der Waals surface area contributed by atoms with Gasteiger partial charge >= 0.3 is 0 Å². The van der Waals surface area contributed by atoms with Gasteiger partial charge in [0.25, 0.3) is 5.24 Å². The molecule has 0 bridgehead atoms. The molecule has 2 aromatic carbocycles. The van der Waals surface area contributed by atoms with Crippen molar-refractivity contribution < 1.29 is 9.18 Å². The Morgan fingerprint density at radius 2 is 2.03 bits per heavy atom. The highest BCUT2D eigenvalue weighted by atomic mass is 32.2. The number of halogens is 1. The summed E-state index contributed by atoms with van der Waals surface area (Å²) < 4.78 is 13.5. The van der Waals surface area contributed by atoms with Gasteiger partial charge in [0.15, 0.2) is 0 Å². The molecule has 2 aliphatic rings. The number of nitrogens with zero attached hydrogens (tertiary/aromatic N) is 3. The Hall–Kier alpha value is -2.67. The van der Waals surface area contributed by atoms with Crippen molar-refractivity contribution in [2.75, 3.05) is 18.0 Å². The zero-order valence-electron chi connectivity index (χ0n) is 18.3. The average Bonchev–Trinajstić information content (AvgIpc) is 2.73. The van der Waals surface area contributed by atoms with Crippen LogP contribution in [0.2, 0.25) is 0 Å². The lowest BCUT2D eigenvalue weighted by atomic mass is 9.76. The first-order chi connectivity index (χ1) is 14.8. The third-order valence-corrected chi connectivity index (χ3v) is 6.76. The van der Waals surface area contributed by atoms with Crippen molar-refractivity contribution >= 4 is 34.2 Å². The summed E-state index contributed by atoms with van der Waals surface area (Å²) in [6, 6.07) is 12.9. The Morgan fingerprint density at radius 1 is 1.29 bits per heavy atom. The molecule has 162 valence electrons. The van der Waals surface area contributed by atoms with Gasteiger partial charge in [0.05, 0.1) is 11.0 Å². The van der Waals surface area contributed by atoms with Crippen LogP contribution in [0.1, 0.15) is 50.8 Å². The van der Waals surface area contributed by atoms with E-state index in [0.717, 1.165) is 41.3 Å². The van der Waals surface area contributed by atoms with Gasteiger partial charge in [-0.3, -0.25) is 9.79 Å². The zero-order chi connectivity index (χ0) is 22.2. The number of amidine groups is 1. The van der Waals surface area contributed by atoms with E-state index in [9.17, 15) is 9.18 Å². The molecule has 7 heteroatoms. The maximum Gasteiger partial charge on any atom is 0.299 e. The van der Waals surface area contributed by atoms with Crippen LogP contribution in [-0.2, 0) is 5.41 Å². The van der Waals surface area contributed by atoms with Crippen LogP contribution < -0.4 is 10.3 Å². The number of hydrazone groups is 1. The number of aliphatic imine (C=N–C) groups is 1. The first-order valence-electron chi connectivity index (χ1n) is 10.6. The summed E-state index contributed by atoms with van der Waals surface area (Å²) in [5, 5.41) is 4.19.